The van der Waals surface area contributed by atoms with Crippen molar-refractivity contribution in [1.82, 2.24) is 10.6 Å². The number of likely N-dealkylation sites (N-methyl/N-ethyl adjacent to an activating group) is 2. The maximum absolute atomic E-state index is 12.2. The molecule has 0 bridgehead atoms. The molecule has 2 heterocycles. The Kier molecular flexibility index (Phi) is 7.63. The maximum Gasteiger partial charge on any atom is 0.280 e. The second kappa shape index (κ2) is 8.30. The second-order valence-corrected chi connectivity index (χ2v) is 6.40. The predicted octanol–water partition coefficient (Wildman–Crippen LogP) is -2.08. The van der Waals surface area contributed by atoms with Crippen molar-refractivity contribution in [3.63, 3.8) is 0 Å². The number of hydrogen-bond donors (Lipinski definition) is 5. The Bertz CT molecular complexity index is 488. The largest absolute Gasteiger partial charge is 0.390 e. The lowest BCUT2D eigenvalue weighted by molar-refractivity contribution is -0.420. The van der Waals surface area contributed by atoms with Crippen LogP contribution in [-0.4, -0.2) is 89.9 Å². The van der Waals surface area contributed by atoms with Gasteiger partial charge in [-0.1, -0.05) is 0 Å². The number of aliphatic hydroxyl groups is 3. The fourth-order valence-corrected chi connectivity index (χ4v) is 3.68. The van der Waals surface area contributed by atoms with Crippen LogP contribution in [0.5, 0.6) is 0 Å². The molecule has 25 heavy (non-hydrogen) atoms. The van der Waals surface area contributed by atoms with Crippen molar-refractivity contribution < 1.29 is 34.3 Å². The van der Waals surface area contributed by atoms with Crippen molar-refractivity contribution >= 4 is 30.6 Å². The van der Waals surface area contributed by atoms with E-state index in [0.717, 1.165) is 0 Å². The van der Waals surface area contributed by atoms with Crippen molar-refractivity contribution in [2.45, 2.75) is 68.0 Å². The van der Waals surface area contributed by atoms with E-state index in [2.05, 4.69) is 10.6 Å². The van der Waals surface area contributed by atoms with Crippen molar-refractivity contribution in [3.05, 3.63) is 0 Å². The van der Waals surface area contributed by atoms with Gasteiger partial charge in [0.1, 0.15) is 18.3 Å². The lowest BCUT2D eigenvalue weighted by Gasteiger charge is -2.55. The summed E-state index contributed by atoms with van der Waals surface area (Å²) in [5.41, 5.74) is 0. The molecule has 2 aliphatic heterocycles. The third-order valence-electron chi connectivity index (χ3n) is 4.93. The minimum atomic E-state index is -2.23. The smallest absolute Gasteiger partial charge is 0.280 e. The van der Waals surface area contributed by atoms with Gasteiger partial charge >= 0.3 is 0 Å². The molecule has 0 unspecified atom stereocenters. The van der Waals surface area contributed by atoms with E-state index in [1.165, 1.54) is 0 Å². The van der Waals surface area contributed by atoms with Crippen LogP contribution in [0, 0.1) is 0 Å². The second-order valence-electron chi connectivity index (χ2n) is 6.40. The lowest BCUT2D eigenvalue weighted by Crippen LogP contribution is -2.77. The molecule has 0 radical (unpaired) electrons. The van der Waals surface area contributed by atoms with Gasteiger partial charge in [-0.15, -0.1) is 24.8 Å². The van der Waals surface area contributed by atoms with Crippen LogP contribution >= 0.6 is 24.8 Å². The van der Waals surface area contributed by atoms with Gasteiger partial charge in [0.15, 0.2) is 5.78 Å². The van der Waals surface area contributed by atoms with E-state index in [9.17, 15) is 20.1 Å². The van der Waals surface area contributed by atoms with E-state index in [1.54, 1.807) is 21.0 Å². The van der Waals surface area contributed by atoms with Crippen molar-refractivity contribution in [1.29, 1.82) is 0 Å². The van der Waals surface area contributed by atoms with Crippen LogP contribution in [-0.2, 0) is 19.0 Å². The summed E-state index contributed by atoms with van der Waals surface area (Å²) in [5.74, 6) is -2.76. The number of nitrogens with one attached hydrogen (secondary N) is 2. The van der Waals surface area contributed by atoms with Crippen LogP contribution in [0.1, 0.15) is 13.3 Å². The molecule has 0 aromatic carbocycles. The van der Waals surface area contributed by atoms with Gasteiger partial charge in [-0.2, -0.15) is 0 Å². The summed E-state index contributed by atoms with van der Waals surface area (Å²) in [6, 6.07) is -1.29. The van der Waals surface area contributed by atoms with E-state index < -0.39 is 60.5 Å². The summed E-state index contributed by atoms with van der Waals surface area (Å²) in [6.07, 6.45) is -5.58. The highest BCUT2D eigenvalue weighted by Crippen LogP contribution is 2.40. The van der Waals surface area contributed by atoms with Gasteiger partial charge in [0.2, 0.25) is 6.29 Å². The average molecular weight is 405 g/mol. The molecule has 0 amide bonds. The fourth-order valence-electron chi connectivity index (χ4n) is 3.68. The molecule has 11 heteroatoms. The molecule has 1 saturated carbocycles. The highest BCUT2D eigenvalue weighted by molar-refractivity contribution is 5.87. The summed E-state index contributed by atoms with van der Waals surface area (Å²) in [4.78, 5) is 12.2. The van der Waals surface area contributed by atoms with Gasteiger partial charge in [-0.3, -0.25) is 4.79 Å². The van der Waals surface area contributed by atoms with Gasteiger partial charge in [-0.25, -0.2) is 0 Å². The number of halogens is 2. The maximum atomic E-state index is 12.2. The number of ether oxygens (including phenoxy) is 3. The number of hydrogen-bond acceptors (Lipinski definition) is 9. The molecule has 3 fully saturated rings. The Morgan fingerprint density at radius 3 is 2.20 bits per heavy atom. The third kappa shape index (κ3) is 3.55. The molecular weight excluding hydrogens is 379 g/mol. The molecule has 3 aliphatic rings. The first-order valence-electron chi connectivity index (χ1n) is 7.78. The van der Waals surface area contributed by atoms with Gasteiger partial charge in [-0.05, 0) is 21.0 Å². The topological polar surface area (TPSA) is 130 Å². The molecule has 9 atom stereocenters. The van der Waals surface area contributed by atoms with Crippen molar-refractivity contribution in [2.24, 2.45) is 0 Å². The van der Waals surface area contributed by atoms with E-state index in [4.69, 9.17) is 14.2 Å². The third-order valence-corrected chi connectivity index (χ3v) is 4.93. The zero-order valence-corrected chi connectivity index (χ0v) is 15.8. The Morgan fingerprint density at radius 1 is 1.04 bits per heavy atom. The van der Waals surface area contributed by atoms with Gasteiger partial charge in [0, 0.05) is 6.42 Å². The number of ketones is 1. The van der Waals surface area contributed by atoms with Crippen LogP contribution in [0.3, 0.4) is 0 Å². The zero-order chi connectivity index (χ0) is 16.9. The van der Waals surface area contributed by atoms with Crippen LogP contribution < -0.4 is 10.6 Å². The molecule has 2 saturated heterocycles. The first-order valence-corrected chi connectivity index (χ1v) is 7.78. The normalized spacial score (nSPS) is 49.3. The highest BCUT2D eigenvalue weighted by atomic mass is 35.5. The molecular formula is C14H26Cl2N2O7. The summed E-state index contributed by atoms with van der Waals surface area (Å²) in [5, 5.41) is 37.2. The first-order chi connectivity index (χ1) is 10.8. The Labute approximate surface area is 158 Å². The highest BCUT2D eigenvalue weighted by Gasteiger charge is 2.63. The molecule has 9 nitrogen and oxygen atoms in total. The van der Waals surface area contributed by atoms with Crippen LogP contribution in [0.4, 0.5) is 0 Å². The lowest BCUT2D eigenvalue weighted by atomic mass is 9.80. The SMILES string of the molecule is CN[C@H]1[C@@H](O)[C@H]2O[C@@H]3O[C@H](C)CC(=O)[C@]3(O)O[C@H]2[C@@H](NC)[C@H]1O.Cl.Cl. The minimum absolute atomic E-state index is 0. The Hall–Kier alpha value is -0.0700. The number of aliphatic hydroxyl groups excluding tert-OH is 2. The summed E-state index contributed by atoms with van der Waals surface area (Å²) < 4.78 is 16.8. The average Bonchev–Trinajstić information content (AvgIpc) is 2.49. The van der Waals surface area contributed by atoms with Crippen molar-refractivity contribution in [3.8, 4) is 0 Å². The van der Waals surface area contributed by atoms with Gasteiger partial charge in [0.25, 0.3) is 5.79 Å². The quantitative estimate of drug-likeness (QED) is 0.351. The first kappa shape index (κ1) is 23.0. The van der Waals surface area contributed by atoms with E-state index in [0.29, 0.717) is 0 Å². The number of carbonyl (C=O) groups excluding carboxylic acids is 1. The molecule has 148 valence electrons. The van der Waals surface area contributed by atoms with E-state index in [1.807, 2.05) is 0 Å². The molecule has 3 rings (SSSR count). The van der Waals surface area contributed by atoms with Gasteiger partial charge < -0.3 is 40.2 Å². The summed E-state index contributed by atoms with van der Waals surface area (Å²) >= 11 is 0. The predicted molar refractivity (Wildman–Crippen MR) is 90.9 cm³/mol. The molecule has 0 aromatic heterocycles. The van der Waals surface area contributed by atoms with Crippen LogP contribution in [0.25, 0.3) is 0 Å². The van der Waals surface area contributed by atoms with Crippen LogP contribution in [0.2, 0.25) is 0 Å². The number of rotatable bonds is 2. The molecule has 0 aromatic rings. The fraction of sp³-hybridized carbons (Fsp3) is 0.929. The van der Waals surface area contributed by atoms with Crippen molar-refractivity contribution in [2.75, 3.05) is 14.1 Å². The van der Waals surface area contributed by atoms with E-state index >= 15 is 0 Å². The Morgan fingerprint density at radius 2 is 1.64 bits per heavy atom. The number of fused-ring (bicyclic) bond motifs is 2. The van der Waals surface area contributed by atoms with Crippen LogP contribution in [0.15, 0.2) is 0 Å². The summed E-state index contributed by atoms with van der Waals surface area (Å²) in [6.45, 7) is 1.70. The molecule has 0 spiro atoms. The molecule has 1 aliphatic carbocycles. The number of Topliss-reactive ketones (excluding diaryl/α,β-unsaturated/α-hetero) is 1. The van der Waals surface area contributed by atoms with Gasteiger partial charge in [0.05, 0.1) is 24.3 Å². The standard InChI is InChI=1S/C14H24N2O7.2ClH/c1-5-4-6(17)14(20)13(21-5)22-12-10(19)7(15-2)9(18)8(16-3)11(12)23-14;;/h5,7-13,15-16,18-20H,4H2,1-3H3;2*1H/t5-,7-,8+,9+,10-,11+,12-,13+,14+;;/m1../s1. The monoisotopic (exact) mass is 404 g/mol. The summed E-state index contributed by atoms with van der Waals surface area (Å²) in [7, 11) is 3.24. The Balaban J connectivity index is 0.00000156. The number of carbonyl (C=O) groups is 1. The zero-order valence-electron chi connectivity index (χ0n) is 14.1. The minimum Gasteiger partial charge on any atom is -0.390 e. The molecule has 5 N–H and O–H groups in total. The van der Waals surface area contributed by atoms with E-state index in [-0.39, 0.29) is 31.2 Å².